The second-order valence-corrected chi connectivity index (χ2v) is 13.1. The van der Waals surface area contributed by atoms with Crippen LogP contribution < -0.4 is 0 Å². The number of benzene rings is 7. The molecule has 0 aliphatic carbocycles. The zero-order valence-electron chi connectivity index (χ0n) is 28.1. The normalized spacial score (nSPS) is 12.8. The van der Waals surface area contributed by atoms with Crippen LogP contribution in [-0.2, 0) is 5.41 Å². The highest BCUT2D eigenvalue weighted by Crippen LogP contribution is 2.52. The van der Waals surface area contributed by atoms with Crippen LogP contribution in [0.2, 0.25) is 0 Å². The molecular weight excluding hydrogens is 635 g/mol. The third-order valence-electron chi connectivity index (χ3n) is 10.1. The van der Waals surface area contributed by atoms with E-state index in [2.05, 4.69) is 132 Å². The van der Waals surface area contributed by atoms with Crippen molar-refractivity contribution < 1.29 is 0 Å². The average Bonchev–Trinajstić information content (AvgIpc) is 3.75. The molecule has 0 saturated carbocycles. The highest BCUT2D eigenvalue weighted by molar-refractivity contribution is 5.87. The molecular formula is C47H31N5. The van der Waals surface area contributed by atoms with Crippen LogP contribution in [0.4, 0.5) is 0 Å². The molecule has 244 valence electrons. The first kappa shape index (κ1) is 29.9. The summed E-state index contributed by atoms with van der Waals surface area (Å²) in [6, 6.07) is 65.5. The number of aromatic nitrogens is 5. The third kappa shape index (κ3) is 4.71. The summed E-state index contributed by atoms with van der Waals surface area (Å²) in [6.07, 6.45) is 0. The molecule has 5 nitrogen and oxygen atoms in total. The summed E-state index contributed by atoms with van der Waals surface area (Å²) in [4.78, 5) is 20.2. The number of fused-ring (bicyclic) bond motifs is 5. The lowest BCUT2D eigenvalue weighted by atomic mass is 9.70. The monoisotopic (exact) mass is 665 g/mol. The molecule has 0 radical (unpaired) electrons. The summed E-state index contributed by atoms with van der Waals surface area (Å²) < 4.78 is 2.35. The molecule has 7 aromatic carbocycles. The zero-order chi connectivity index (χ0) is 34.5. The molecule has 1 aliphatic rings. The Morgan fingerprint density at radius 1 is 0.365 bits per heavy atom. The molecule has 0 unspecified atom stereocenters. The van der Waals surface area contributed by atoms with Gasteiger partial charge in [0.1, 0.15) is 11.2 Å². The first-order chi connectivity index (χ1) is 25.8. The van der Waals surface area contributed by atoms with Crippen molar-refractivity contribution in [1.29, 1.82) is 0 Å². The number of rotatable bonds is 6. The lowest BCUT2D eigenvalue weighted by Gasteiger charge is -2.30. The molecule has 10 rings (SSSR count). The maximum absolute atomic E-state index is 5.48. The minimum absolute atomic E-state index is 0.554. The van der Waals surface area contributed by atoms with Crippen LogP contribution >= 0.6 is 0 Å². The van der Waals surface area contributed by atoms with Gasteiger partial charge in [0.15, 0.2) is 17.5 Å². The van der Waals surface area contributed by atoms with E-state index in [1.54, 1.807) is 0 Å². The topological polar surface area (TPSA) is 56.5 Å². The van der Waals surface area contributed by atoms with E-state index in [0.717, 1.165) is 50.4 Å². The highest BCUT2D eigenvalue weighted by atomic mass is 15.1. The van der Waals surface area contributed by atoms with Crippen molar-refractivity contribution in [1.82, 2.24) is 24.5 Å². The van der Waals surface area contributed by atoms with Gasteiger partial charge >= 0.3 is 0 Å². The van der Waals surface area contributed by atoms with Crippen molar-refractivity contribution >= 4 is 11.0 Å². The summed E-state index contributed by atoms with van der Waals surface area (Å²) in [5.41, 5.74) is 11.3. The fourth-order valence-electron chi connectivity index (χ4n) is 7.72. The number of hydrogen-bond acceptors (Lipinski definition) is 4. The predicted octanol–water partition coefficient (Wildman–Crippen LogP) is 10.6. The van der Waals surface area contributed by atoms with E-state index in [4.69, 9.17) is 19.9 Å². The van der Waals surface area contributed by atoms with E-state index < -0.39 is 5.41 Å². The molecule has 0 fully saturated rings. The summed E-state index contributed by atoms with van der Waals surface area (Å²) in [6.45, 7) is 0. The predicted molar refractivity (Wildman–Crippen MR) is 208 cm³/mol. The Kier molecular flexibility index (Phi) is 6.96. The Hall–Kier alpha value is -6.98. The molecule has 1 aliphatic heterocycles. The fourth-order valence-corrected chi connectivity index (χ4v) is 7.72. The quantitative estimate of drug-likeness (QED) is 0.177. The summed E-state index contributed by atoms with van der Waals surface area (Å²) in [5, 5.41) is 0. The van der Waals surface area contributed by atoms with Gasteiger partial charge in [-0.15, -0.1) is 0 Å². The lowest BCUT2D eigenvalue weighted by molar-refractivity contribution is 0.718. The summed E-state index contributed by atoms with van der Waals surface area (Å²) in [7, 11) is 0. The van der Waals surface area contributed by atoms with Gasteiger partial charge in [0.25, 0.3) is 0 Å². The van der Waals surface area contributed by atoms with Gasteiger partial charge in [-0.2, -0.15) is 0 Å². The van der Waals surface area contributed by atoms with Crippen LogP contribution in [0, 0.1) is 0 Å². The van der Waals surface area contributed by atoms with Crippen molar-refractivity contribution in [3.63, 3.8) is 0 Å². The highest BCUT2D eigenvalue weighted by Gasteiger charge is 2.48. The standard InChI is InChI=1S/C47H31N5/c1-5-15-33(16-6-1)43-49-44(34-17-7-2-8-18-34)51-45(50-43)35-27-25-32(26-28-35)36-29-30-42-40(31-36)48-46-47(37-19-9-3-10-20-37,38-21-11-4-12-22-38)39-23-13-14-24-41(39)52(42)46/h1-31H. The Balaban J connectivity index is 1.08. The molecule has 0 atom stereocenters. The van der Waals surface area contributed by atoms with Gasteiger partial charge in [-0.3, -0.25) is 4.57 Å². The van der Waals surface area contributed by atoms with Crippen molar-refractivity contribution in [2.75, 3.05) is 0 Å². The fraction of sp³-hybridized carbons (Fsp3) is 0.0213. The summed E-state index contributed by atoms with van der Waals surface area (Å²) >= 11 is 0. The van der Waals surface area contributed by atoms with Gasteiger partial charge in [-0.05, 0) is 46.0 Å². The van der Waals surface area contributed by atoms with E-state index in [9.17, 15) is 0 Å². The second-order valence-electron chi connectivity index (χ2n) is 13.1. The smallest absolute Gasteiger partial charge is 0.164 e. The molecule has 0 spiro atoms. The van der Waals surface area contributed by atoms with Crippen LogP contribution in [0.15, 0.2) is 188 Å². The van der Waals surface area contributed by atoms with Crippen molar-refractivity contribution in [3.05, 3.63) is 211 Å². The van der Waals surface area contributed by atoms with Crippen LogP contribution in [0.3, 0.4) is 0 Å². The van der Waals surface area contributed by atoms with Crippen LogP contribution in [0.25, 0.3) is 62.0 Å². The van der Waals surface area contributed by atoms with E-state index in [0.29, 0.717) is 17.5 Å². The number of imidazole rings is 1. The van der Waals surface area contributed by atoms with E-state index in [1.807, 2.05) is 60.7 Å². The lowest BCUT2D eigenvalue weighted by Crippen LogP contribution is -2.29. The average molecular weight is 666 g/mol. The zero-order valence-corrected chi connectivity index (χ0v) is 28.1. The van der Waals surface area contributed by atoms with Crippen molar-refractivity contribution in [3.8, 4) is 51.0 Å². The van der Waals surface area contributed by atoms with E-state index in [1.165, 1.54) is 16.7 Å². The minimum atomic E-state index is -0.554. The second kappa shape index (κ2) is 12.1. The van der Waals surface area contributed by atoms with Crippen LogP contribution in [0.5, 0.6) is 0 Å². The minimum Gasteiger partial charge on any atom is -0.295 e. The van der Waals surface area contributed by atoms with Gasteiger partial charge in [-0.1, -0.05) is 170 Å². The van der Waals surface area contributed by atoms with Crippen LogP contribution in [-0.4, -0.2) is 24.5 Å². The van der Waals surface area contributed by atoms with Gasteiger partial charge in [0, 0.05) is 16.7 Å². The van der Waals surface area contributed by atoms with Crippen LogP contribution in [0.1, 0.15) is 22.5 Å². The van der Waals surface area contributed by atoms with Crippen molar-refractivity contribution in [2.45, 2.75) is 5.41 Å². The number of nitrogens with zero attached hydrogens (tertiary/aromatic N) is 5. The Morgan fingerprint density at radius 2 is 0.808 bits per heavy atom. The maximum Gasteiger partial charge on any atom is 0.164 e. The number of para-hydroxylation sites is 1. The molecule has 3 heterocycles. The Labute approximate surface area is 301 Å². The SMILES string of the molecule is c1ccc(-c2nc(-c3ccccc3)nc(-c3ccc(-c4ccc5c(c4)nc4n5-c5ccccc5C4(c4ccccc4)c4ccccc4)cc3)n2)cc1. The summed E-state index contributed by atoms with van der Waals surface area (Å²) in [5.74, 6) is 2.94. The van der Waals surface area contributed by atoms with Gasteiger partial charge in [0.05, 0.1) is 16.7 Å². The molecule has 52 heavy (non-hydrogen) atoms. The molecule has 0 bridgehead atoms. The van der Waals surface area contributed by atoms with Gasteiger partial charge in [-0.25, -0.2) is 19.9 Å². The molecule has 0 N–H and O–H groups in total. The first-order valence-corrected chi connectivity index (χ1v) is 17.5. The van der Waals surface area contributed by atoms with Gasteiger partial charge in [0.2, 0.25) is 0 Å². The Bertz CT molecular complexity index is 2610. The first-order valence-electron chi connectivity index (χ1n) is 17.5. The molecule has 9 aromatic rings. The number of hydrogen-bond donors (Lipinski definition) is 0. The third-order valence-corrected chi connectivity index (χ3v) is 10.1. The molecule has 5 heteroatoms. The molecule has 0 amide bonds. The molecule has 0 saturated heterocycles. The van der Waals surface area contributed by atoms with E-state index >= 15 is 0 Å². The maximum atomic E-state index is 5.48. The van der Waals surface area contributed by atoms with Gasteiger partial charge < -0.3 is 0 Å². The molecule has 2 aromatic heterocycles. The van der Waals surface area contributed by atoms with E-state index in [-0.39, 0.29) is 0 Å². The largest absolute Gasteiger partial charge is 0.295 e. The Morgan fingerprint density at radius 3 is 1.37 bits per heavy atom. The van der Waals surface area contributed by atoms with Crippen molar-refractivity contribution in [2.24, 2.45) is 0 Å².